The van der Waals surface area contributed by atoms with Gasteiger partial charge in [0.25, 0.3) is 0 Å². The fourth-order valence-electron chi connectivity index (χ4n) is 4.13. The second kappa shape index (κ2) is 10.3. The van der Waals surface area contributed by atoms with E-state index < -0.39 is 0 Å². The fraction of sp³-hybridized carbons (Fsp3) is 0.0667. The first-order chi connectivity index (χ1) is 18.1. The minimum Gasteiger partial charge on any atom is -0.496 e. The molecule has 0 fully saturated rings. The highest BCUT2D eigenvalue weighted by atomic mass is 16.5. The van der Waals surface area contributed by atoms with Crippen molar-refractivity contribution >= 4 is 22.5 Å². The largest absolute Gasteiger partial charge is 0.496 e. The zero-order valence-corrected chi connectivity index (χ0v) is 20.5. The Balaban J connectivity index is 1.61. The molecule has 0 aliphatic rings. The summed E-state index contributed by atoms with van der Waals surface area (Å²) in [6.45, 7) is 3.59. The minimum absolute atomic E-state index is 0.184. The lowest BCUT2D eigenvalue weighted by atomic mass is 9.95. The van der Waals surface area contributed by atoms with Crippen LogP contribution in [-0.4, -0.2) is 35.0 Å². The van der Waals surface area contributed by atoms with E-state index in [0.717, 1.165) is 38.8 Å². The molecule has 2 aromatic heterocycles. The van der Waals surface area contributed by atoms with Gasteiger partial charge in [-0.3, -0.25) is 4.79 Å². The van der Waals surface area contributed by atoms with Crippen LogP contribution in [0.1, 0.15) is 0 Å². The van der Waals surface area contributed by atoms with Crippen molar-refractivity contribution in [3.05, 3.63) is 104 Å². The summed E-state index contributed by atoms with van der Waals surface area (Å²) in [4.78, 5) is 26.7. The van der Waals surface area contributed by atoms with E-state index in [9.17, 15) is 4.79 Å². The molecule has 5 aromatic rings. The topological polar surface area (TPSA) is 77.4 Å². The molecule has 0 aliphatic heterocycles. The van der Waals surface area contributed by atoms with E-state index in [1.165, 1.54) is 12.4 Å². The lowest BCUT2D eigenvalue weighted by molar-refractivity contribution is -0.113. The van der Waals surface area contributed by atoms with Crippen LogP contribution in [0.25, 0.3) is 33.2 Å². The number of carbonyl (C=O) groups is 1. The van der Waals surface area contributed by atoms with Crippen molar-refractivity contribution in [2.45, 2.75) is 0 Å². The van der Waals surface area contributed by atoms with Crippen molar-refractivity contribution < 1.29 is 14.3 Å². The molecule has 182 valence electrons. The summed E-state index contributed by atoms with van der Waals surface area (Å²) in [6, 6.07) is 23.0. The van der Waals surface area contributed by atoms with Crippen LogP contribution in [0, 0.1) is 0 Å². The first kappa shape index (κ1) is 23.7. The molecule has 7 heteroatoms. The number of amides is 1. The molecule has 37 heavy (non-hydrogen) atoms. The highest BCUT2D eigenvalue weighted by Gasteiger charge is 2.15. The quantitative estimate of drug-likeness (QED) is 0.250. The molecule has 0 saturated heterocycles. The van der Waals surface area contributed by atoms with E-state index in [2.05, 4.69) is 27.6 Å². The molecule has 0 saturated carbocycles. The third-order valence-electron chi connectivity index (χ3n) is 6.00. The highest BCUT2D eigenvalue weighted by molar-refractivity contribution is 6.02. The van der Waals surface area contributed by atoms with Crippen molar-refractivity contribution in [3.8, 4) is 39.6 Å². The fourth-order valence-corrected chi connectivity index (χ4v) is 4.13. The monoisotopic (exact) mass is 488 g/mol. The number of hydrogen-bond donors (Lipinski definition) is 0. The highest BCUT2D eigenvalue weighted by Crippen LogP contribution is 2.39. The smallest absolute Gasteiger partial charge is 0.250 e. The Labute approximate surface area is 214 Å². The van der Waals surface area contributed by atoms with Crippen molar-refractivity contribution in [1.29, 1.82) is 0 Å². The first-order valence-corrected chi connectivity index (χ1v) is 11.6. The number of carbonyl (C=O) groups excluding carboxylic acids is 1. The van der Waals surface area contributed by atoms with Gasteiger partial charge in [0.2, 0.25) is 11.8 Å². The summed E-state index contributed by atoms with van der Waals surface area (Å²) < 4.78 is 11.6. The van der Waals surface area contributed by atoms with E-state index >= 15 is 0 Å². The van der Waals surface area contributed by atoms with Gasteiger partial charge in [-0.25, -0.2) is 15.0 Å². The summed E-state index contributed by atoms with van der Waals surface area (Å²) in [7, 11) is 3.35. The SMILES string of the molecule is C=CC(=O)N(C)c1cccc(-c2cc(-c3ccc(Oc4ccccn4)cc3OC)cc3cncnc23)c1. The maximum atomic E-state index is 12.2. The van der Waals surface area contributed by atoms with Crippen LogP contribution < -0.4 is 14.4 Å². The lowest BCUT2D eigenvalue weighted by Gasteiger charge is -2.17. The molecular weight excluding hydrogens is 464 g/mol. The molecule has 7 nitrogen and oxygen atoms in total. The van der Waals surface area contributed by atoms with Gasteiger partial charge in [0.1, 0.15) is 17.8 Å². The summed E-state index contributed by atoms with van der Waals surface area (Å²) in [5.74, 6) is 1.59. The zero-order valence-electron chi connectivity index (χ0n) is 20.5. The molecule has 3 aromatic carbocycles. The summed E-state index contributed by atoms with van der Waals surface area (Å²) in [5.41, 5.74) is 5.21. The second-order valence-electron chi connectivity index (χ2n) is 8.27. The molecule has 0 radical (unpaired) electrons. The first-order valence-electron chi connectivity index (χ1n) is 11.6. The van der Waals surface area contributed by atoms with E-state index in [1.807, 2.05) is 60.7 Å². The number of nitrogens with zero attached hydrogens (tertiary/aromatic N) is 4. The Kier molecular flexibility index (Phi) is 6.59. The molecule has 0 aliphatic carbocycles. The third-order valence-corrected chi connectivity index (χ3v) is 6.00. The zero-order chi connectivity index (χ0) is 25.8. The van der Waals surface area contributed by atoms with Crippen LogP contribution in [0.2, 0.25) is 0 Å². The molecule has 0 bridgehead atoms. The Morgan fingerprint density at radius 1 is 0.946 bits per heavy atom. The van der Waals surface area contributed by atoms with Crippen molar-refractivity contribution in [1.82, 2.24) is 15.0 Å². The second-order valence-corrected chi connectivity index (χ2v) is 8.27. The van der Waals surface area contributed by atoms with Gasteiger partial charge in [-0.15, -0.1) is 0 Å². The number of hydrogen-bond acceptors (Lipinski definition) is 6. The number of fused-ring (bicyclic) bond motifs is 1. The van der Waals surface area contributed by atoms with E-state index in [4.69, 9.17) is 9.47 Å². The Morgan fingerprint density at radius 2 is 1.84 bits per heavy atom. The molecule has 1 amide bonds. The molecular formula is C30H24N4O3. The van der Waals surface area contributed by atoms with Gasteiger partial charge in [-0.1, -0.05) is 24.8 Å². The van der Waals surface area contributed by atoms with E-state index in [-0.39, 0.29) is 5.91 Å². The maximum absolute atomic E-state index is 12.2. The molecule has 0 unspecified atom stereocenters. The maximum Gasteiger partial charge on any atom is 0.250 e. The van der Waals surface area contributed by atoms with Crippen LogP contribution in [0.15, 0.2) is 104 Å². The van der Waals surface area contributed by atoms with Gasteiger partial charge >= 0.3 is 0 Å². The van der Waals surface area contributed by atoms with Gasteiger partial charge in [0.15, 0.2) is 0 Å². The van der Waals surface area contributed by atoms with Gasteiger partial charge in [-0.05, 0) is 59.7 Å². The van der Waals surface area contributed by atoms with Gasteiger partial charge in [0, 0.05) is 53.8 Å². The number of benzene rings is 3. The molecule has 5 rings (SSSR count). The van der Waals surface area contributed by atoms with Crippen molar-refractivity contribution in [2.75, 3.05) is 19.1 Å². The lowest BCUT2D eigenvalue weighted by Crippen LogP contribution is -2.23. The third kappa shape index (κ3) is 4.88. The summed E-state index contributed by atoms with van der Waals surface area (Å²) >= 11 is 0. The van der Waals surface area contributed by atoms with Gasteiger partial charge in [0.05, 0.1) is 12.6 Å². The van der Waals surface area contributed by atoms with Crippen LogP contribution in [0.3, 0.4) is 0 Å². The van der Waals surface area contributed by atoms with Gasteiger partial charge in [-0.2, -0.15) is 0 Å². The van der Waals surface area contributed by atoms with Crippen molar-refractivity contribution in [2.24, 2.45) is 0 Å². The Bertz CT molecular complexity index is 1600. The number of likely N-dealkylation sites (N-methyl/N-ethyl adjacent to an activating group) is 1. The molecule has 2 heterocycles. The molecule has 0 N–H and O–H groups in total. The minimum atomic E-state index is -0.184. The Hall–Kier alpha value is -5.04. The van der Waals surface area contributed by atoms with Crippen LogP contribution in [0.5, 0.6) is 17.4 Å². The normalized spacial score (nSPS) is 10.6. The predicted molar refractivity (Wildman–Crippen MR) is 145 cm³/mol. The Morgan fingerprint density at radius 3 is 2.62 bits per heavy atom. The average molecular weight is 489 g/mol. The van der Waals surface area contributed by atoms with Crippen LogP contribution in [-0.2, 0) is 4.79 Å². The molecule has 0 spiro atoms. The molecule has 0 atom stereocenters. The summed E-state index contributed by atoms with van der Waals surface area (Å²) in [6.07, 6.45) is 6.30. The van der Waals surface area contributed by atoms with Crippen molar-refractivity contribution in [3.63, 3.8) is 0 Å². The predicted octanol–water partition coefficient (Wildman–Crippen LogP) is 6.31. The number of anilines is 1. The number of rotatable bonds is 7. The van der Waals surface area contributed by atoms with Crippen LogP contribution in [0.4, 0.5) is 5.69 Å². The number of methoxy groups -OCH3 is 1. The summed E-state index contributed by atoms with van der Waals surface area (Å²) in [5, 5.41) is 0.881. The number of pyridine rings is 1. The van der Waals surface area contributed by atoms with Gasteiger partial charge < -0.3 is 14.4 Å². The standard InChI is InChI=1S/C30H24N4O3/c1-4-29(35)34(2)23-9-7-8-20(15-23)26-16-21(14-22-18-31-19-33-30(22)26)25-12-11-24(17-27(25)36-3)37-28-10-5-6-13-32-28/h4-19H,1H2,2-3H3. The number of ether oxygens (including phenoxy) is 2. The number of aromatic nitrogens is 3. The van der Waals surface area contributed by atoms with E-state index in [0.29, 0.717) is 17.4 Å². The van der Waals surface area contributed by atoms with Crippen LogP contribution >= 0.6 is 0 Å². The van der Waals surface area contributed by atoms with E-state index in [1.54, 1.807) is 37.5 Å². The average Bonchev–Trinajstić information content (AvgIpc) is 2.96.